The van der Waals surface area contributed by atoms with Gasteiger partial charge >= 0.3 is 18.3 Å². The maximum Gasteiger partial charge on any atom is 0.410 e. The largest absolute Gasteiger partial charge is 0.444 e. The van der Waals surface area contributed by atoms with Crippen LogP contribution in [0, 0.1) is 34.3 Å². The molecule has 93 heavy (non-hydrogen) atoms. The molecule has 3 fully saturated rings. The summed E-state index contributed by atoms with van der Waals surface area (Å²) in [6.45, 7) is 39.1. The van der Waals surface area contributed by atoms with Crippen LogP contribution in [0.15, 0.2) is 121 Å². The van der Waals surface area contributed by atoms with Gasteiger partial charge in [-0.05, 0) is 254 Å². The molecule has 0 radical (unpaired) electrons. The van der Waals surface area contributed by atoms with Gasteiger partial charge < -0.3 is 43.6 Å². The Bertz CT molecular complexity index is 3880. The average molecular weight is 1650 g/mol. The lowest BCUT2D eigenvalue weighted by Gasteiger charge is -2.37. The highest BCUT2D eigenvalue weighted by Gasteiger charge is 2.31. The van der Waals surface area contributed by atoms with Crippen molar-refractivity contribution >= 4 is 139 Å². The summed E-state index contributed by atoms with van der Waals surface area (Å²) in [4.78, 5) is 69.1. The quantitative estimate of drug-likeness (QED) is 0.0907. The van der Waals surface area contributed by atoms with Crippen molar-refractivity contribution in [3.05, 3.63) is 154 Å². The number of halogens is 3. The Balaban J connectivity index is 0.000000153. The molecule has 0 N–H and O–H groups in total. The molecule has 0 saturated carbocycles. The topological polar surface area (TPSA) is 135 Å². The molecular weight excluding hydrogens is 1560 g/mol. The number of benzene rings is 6. The summed E-state index contributed by atoms with van der Waals surface area (Å²) >= 11 is 7.74. The van der Waals surface area contributed by atoms with Gasteiger partial charge in [0.2, 0.25) is 0 Å². The fourth-order valence-electron chi connectivity index (χ4n) is 12.0. The summed E-state index contributed by atoms with van der Waals surface area (Å²) in [6, 6.07) is 33.3. The fraction of sp³-hybridized carbons (Fsp3) is 0.458. The smallest absolute Gasteiger partial charge is 0.410 e. The van der Waals surface area contributed by atoms with Crippen LogP contribution in [0.2, 0.25) is 0 Å². The maximum atomic E-state index is 12.4. The van der Waals surface area contributed by atoms with Gasteiger partial charge in [0.1, 0.15) is 16.8 Å². The molecule has 6 aliphatic rings. The number of carbonyl (C=O) groups excluding carboxylic acids is 3. The standard InChI is InChI=1S/3C24H30IN3O2S/c3*1-6-17-14-18(27-10-12-28(13-11-27)23(29)30-24(3,4)5)15-20-22(17)26-21-16(2)8-7-9-19(21)31(20)25/h3*7-9,14-15H,6,10-13H2,1-5H3. The molecule has 0 aliphatic carbocycles. The molecule has 0 bridgehead atoms. The lowest BCUT2D eigenvalue weighted by molar-refractivity contribution is 0.0230. The van der Waals surface area contributed by atoms with Crippen molar-refractivity contribution < 1.29 is 28.6 Å². The number of para-hydroxylation sites is 3. The van der Waals surface area contributed by atoms with Crippen molar-refractivity contribution in [2.24, 2.45) is 15.0 Å². The van der Waals surface area contributed by atoms with E-state index < -0.39 is 16.8 Å². The molecule has 21 heteroatoms. The maximum absolute atomic E-state index is 12.4. The van der Waals surface area contributed by atoms with Gasteiger partial charge in [-0.25, -0.2) is 29.4 Å². The number of hydrogen-bond acceptors (Lipinski definition) is 12. The van der Waals surface area contributed by atoms with Crippen LogP contribution >= 0.6 is 86.6 Å². The number of hydrogen-bond donors (Lipinski definition) is 0. The highest BCUT2D eigenvalue weighted by atomic mass is 127. The summed E-state index contributed by atoms with van der Waals surface area (Å²) in [5, 5.41) is 3.42. The highest BCUT2D eigenvalue weighted by molar-refractivity contribution is 14.2. The van der Waals surface area contributed by atoms with E-state index in [0.29, 0.717) is 39.3 Å². The summed E-state index contributed by atoms with van der Waals surface area (Å²) in [6.07, 6.45) is 2.20. The minimum atomic E-state index is -0.461. The number of piperazine rings is 3. The first kappa shape index (κ1) is 71.0. The van der Waals surface area contributed by atoms with Crippen molar-refractivity contribution in [2.75, 3.05) is 93.2 Å². The molecule has 498 valence electrons. The molecule has 0 aromatic heterocycles. The van der Waals surface area contributed by atoms with E-state index in [0.717, 1.165) is 91.7 Å². The first-order chi connectivity index (χ1) is 44.0. The number of ether oxygens (including phenoxy) is 3. The van der Waals surface area contributed by atoms with Crippen LogP contribution < -0.4 is 30.8 Å². The monoisotopic (exact) mass is 1650 g/mol. The Morgan fingerprint density at radius 1 is 0.398 bits per heavy atom. The SMILES string of the molecule is CCc1cc(N2CCN(C(=O)OC(C)(C)C)CC2)cc2c1N=c1c(C)cccc1=S2I.CCc1cc(N2CCN(C(=O)OC(C)(C)C)CC2)cc2c1N=c1c(C)cccc1=S2I.CCc1cc(N2CCN(C(=O)OC(C)(C)C)CC2)cc2c1N=c1c(C)cccc1=S2I. The number of aryl methyl sites for hydroxylation is 6. The Kier molecular flexibility index (Phi) is 22.5. The molecule has 0 spiro atoms. The average Bonchev–Trinajstić information content (AvgIpc) is 0.789. The summed E-state index contributed by atoms with van der Waals surface area (Å²) < 4.78 is 20.6. The number of rotatable bonds is 6. The van der Waals surface area contributed by atoms with Crippen molar-refractivity contribution in [2.45, 2.75) is 155 Å². The Labute approximate surface area is 593 Å². The summed E-state index contributed by atoms with van der Waals surface area (Å²) in [7, 11) is -0.113. The highest BCUT2D eigenvalue weighted by Crippen LogP contribution is 2.51. The number of nitrogens with zero attached hydrogens (tertiary/aromatic N) is 9. The van der Waals surface area contributed by atoms with Gasteiger partial charge in [-0.15, -0.1) is 0 Å². The lowest BCUT2D eigenvalue weighted by Crippen LogP contribution is -2.50. The second-order valence-corrected chi connectivity index (χ2v) is 39.3. The lowest BCUT2D eigenvalue weighted by atomic mass is 10.1. The van der Waals surface area contributed by atoms with Crippen LogP contribution in [-0.2, 0) is 33.5 Å². The van der Waals surface area contributed by atoms with Crippen LogP contribution in [0.4, 0.5) is 48.5 Å². The zero-order valence-electron chi connectivity index (χ0n) is 56.6. The summed E-state index contributed by atoms with van der Waals surface area (Å²) in [5.74, 6) is 0. The number of amides is 3. The van der Waals surface area contributed by atoms with Gasteiger partial charge in [0.15, 0.2) is 0 Å². The van der Waals surface area contributed by atoms with E-state index >= 15 is 0 Å². The van der Waals surface area contributed by atoms with Crippen molar-refractivity contribution in [3.8, 4) is 0 Å². The molecule has 12 rings (SSSR count). The molecule has 3 saturated heterocycles. The van der Waals surface area contributed by atoms with Gasteiger partial charge in [0.25, 0.3) is 0 Å². The fourth-order valence-corrected chi connectivity index (χ4v) is 22.3. The molecule has 3 unspecified atom stereocenters. The molecule has 6 heterocycles. The van der Waals surface area contributed by atoms with E-state index in [1.807, 2.05) is 77.0 Å². The van der Waals surface area contributed by atoms with E-state index in [1.54, 1.807) is 0 Å². The third-order valence-corrected chi connectivity index (χ3v) is 29.7. The number of fused-ring (bicyclic) bond motifs is 6. The van der Waals surface area contributed by atoms with E-state index in [-0.39, 0.29) is 41.2 Å². The van der Waals surface area contributed by atoms with Crippen LogP contribution in [0.5, 0.6) is 0 Å². The number of anilines is 3. The molecule has 6 aromatic rings. The summed E-state index contributed by atoms with van der Waals surface area (Å²) in [5.41, 5.74) is 13.4. The predicted octanol–water partition coefficient (Wildman–Crippen LogP) is 17.4. The van der Waals surface area contributed by atoms with E-state index in [9.17, 15) is 14.4 Å². The van der Waals surface area contributed by atoms with Gasteiger partial charge in [-0.2, -0.15) is 0 Å². The Morgan fingerprint density at radius 3 is 0.849 bits per heavy atom. The molecule has 6 aliphatic heterocycles. The van der Waals surface area contributed by atoms with Gasteiger partial charge in [0, 0.05) is 124 Å². The Morgan fingerprint density at radius 2 is 0.634 bits per heavy atom. The second-order valence-electron chi connectivity index (χ2n) is 27.1. The van der Waals surface area contributed by atoms with Crippen LogP contribution in [-0.4, -0.2) is 128 Å². The minimum Gasteiger partial charge on any atom is -0.444 e. The molecule has 6 aromatic carbocycles. The van der Waals surface area contributed by atoms with Crippen molar-refractivity contribution in [1.29, 1.82) is 0 Å². The molecule has 3 amide bonds. The van der Waals surface area contributed by atoms with E-state index in [4.69, 9.17) is 29.2 Å². The van der Waals surface area contributed by atoms with Gasteiger partial charge in [-0.3, -0.25) is 0 Å². The third-order valence-electron chi connectivity index (χ3n) is 16.9. The minimum absolute atomic E-state index is 0.0377. The first-order valence-corrected chi connectivity index (χ1v) is 43.7. The third kappa shape index (κ3) is 16.4. The van der Waals surface area contributed by atoms with Crippen molar-refractivity contribution in [3.63, 3.8) is 0 Å². The van der Waals surface area contributed by atoms with Crippen LogP contribution in [0.25, 0.3) is 0 Å². The molecule has 15 nitrogen and oxygen atoms in total. The molecule has 3 atom stereocenters. The predicted molar refractivity (Wildman–Crippen MR) is 410 cm³/mol. The normalized spacial score (nSPS) is 18.2. The zero-order valence-corrected chi connectivity index (χ0v) is 65.5. The van der Waals surface area contributed by atoms with Crippen LogP contribution in [0.3, 0.4) is 0 Å². The zero-order chi connectivity index (χ0) is 67.0. The first-order valence-electron chi connectivity index (χ1n) is 32.4. The van der Waals surface area contributed by atoms with E-state index in [2.05, 4.69) is 211 Å². The van der Waals surface area contributed by atoms with Gasteiger partial charge in [0.05, 0.1) is 33.1 Å². The Hall–Kier alpha value is -4.83. The van der Waals surface area contributed by atoms with Gasteiger partial charge in [-0.1, -0.05) is 80.1 Å². The molecular formula is C72H90I3N9O6S3. The van der Waals surface area contributed by atoms with Crippen molar-refractivity contribution in [1.82, 2.24) is 14.7 Å². The van der Waals surface area contributed by atoms with E-state index in [1.165, 1.54) is 78.7 Å². The van der Waals surface area contributed by atoms with Crippen LogP contribution in [0.1, 0.15) is 116 Å². The number of carbonyl (C=O) groups is 3. The second kappa shape index (κ2) is 29.5.